The van der Waals surface area contributed by atoms with Crippen LogP contribution in [0.5, 0.6) is 11.5 Å². The second-order valence-electron chi connectivity index (χ2n) is 6.09. The normalized spacial score (nSPS) is 12.6. The van der Waals surface area contributed by atoms with E-state index in [1.54, 1.807) is 36.4 Å². The smallest absolute Gasteiger partial charge is 0.232 e. The average Bonchev–Trinajstić information content (AvgIpc) is 2.91. The Morgan fingerprint density at radius 3 is 2.48 bits per heavy atom. The summed E-state index contributed by atoms with van der Waals surface area (Å²) in [6, 6.07) is 10.0. The molecule has 25 heavy (non-hydrogen) atoms. The summed E-state index contributed by atoms with van der Waals surface area (Å²) in [7, 11) is 0. The van der Waals surface area contributed by atoms with Crippen molar-refractivity contribution in [3.05, 3.63) is 69.4 Å². The minimum atomic E-state index is -0.156. The second-order valence-corrected chi connectivity index (χ2v) is 6.53. The first kappa shape index (κ1) is 17.2. The van der Waals surface area contributed by atoms with Gasteiger partial charge in [-0.05, 0) is 62.2 Å². The van der Waals surface area contributed by atoms with Gasteiger partial charge < -0.3 is 9.47 Å². The monoisotopic (exact) mass is 356 g/mol. The molecule has 2 aromatic rings. The Kier molecular flexibility index (Phi) is 4.64. The summed E-state index contributed by atoms with van der Waals surface area (Å²) in [5.41, 5.74) is 2.65. The molecule has 0 bridgehead atoms. The molecule has 0 saturated carbocycles. The minimum Gasteiger partial charge on any atom is -0.485 e. The van der Waals surface area contributed by atoms with Crippen LogP contribution in [-0.4, -0.2) is 18.2 Å². The van der Waals surface area contributed by atoms with Crippen molar-refractivity contribution in [1.82, 2.24) is 0 Å². The SMILES string of the molecule is CC(C)=C1Oc2cc(OCC(=O)c3ccc(Cl)cc3)cc(C)c2C1=O. The number of allylic oxidation sites excluding steroid dienone is 2. The van der Waals surface area contributed by atoms with Gasteiger partial charge in [0.05, 0.1) is 5.56 Å². The molecular formula is C20H17ClO4. The Hall–Kier alpha value is -2.59. The summed E-state index contributed by atoms with van der Waals surface area (Å²) in [4.78, 5) is 24.5. The molecule has 0 radical (unpaired) electrons. The summed E-state index contributed by atoms with van der Waals surface area (Å²) in [5, 5.41) is 0.573. The maximum absolute atomic E-state index is 12.4. The van der Waals surface area contributed by atoms with Crippen molar-refractivity contribution >= 4 is 23.2 Å². The molecule has 2 aromatic carbocycles. The Bertz CT molecular complexity index is 891. The lowest BCUT2D eigenvalue weighted by atomic mass is 10.0. The largest absolute Gasteiger partial charge is 0.485 e. The molecule has 0 N–H and O–H groups in total. The number of hydrogen-bond acceptors (Lipinski definition) is 4. The third kappa shape index (κ3) is 3.44. The van der Waals surface area contributed by atoms with Crippen LogP contribution in [0.25, 0.3) is 0 Å². The van der Waals surface area contributed by atoms with E-state index in [0.717, 1.165) is 11.1 Å². The fourth-order valence-electron chi connectivity index (χ4n) is 2.64. The number of fused-ring (bicyclic) bond motifs is 1. The van der Waals surface area contributed by atoms with E-state index in [1.165, 1.54) is 0 Å². The summed E-state index contributed by atoms with van der Waals surface area (Å²) in [6.07, 6.45) is 0. The number of hydrogen-bond donors (Lipinski definition) is 0. The van der Waals surface area contributed by atoms with E-state index in [2.05, 4.69) is 0 Å². The number of aryl methyl sites for hydroxylation is 1. The number of carbonyl (C=O) groups excluding carboxylic acids is 2. The molecule has 4 nitrogen and oxygen atoms in total. The Morgan fingerprint density at radius 1 is 1.16 bits per heavy atom. The van der Waals surface area contributed by atoms with Gasteiger partial charge in [0.15, 0.2) is 18.1 Å². The first-order chi connectivity index (χ1) is 11.9. The predicted octanol–water partition coefficient (Wildman–Crippen LogP) is 4.78. The first-order valence-corrected chi connectivity index (χ1v) is 8.21. The molecule has 0 saturated heterocycles. The van der Waals surface area contributed by atoms with Crippen molar-refractivity contribution in [2.45, 2.75) is 20.8 Å². The topological polar surface area (TPSA) is 52.6 Å². The lowest BCUT2D eigenvalue weighted by Crippen LogP contribution is -2.11. The van der Waals surface area contributed by atoms with Gasteiger partial charge in [0.2, 0.25) is 5.78 Å². The zero-order chi connectivity index (χ0) is 18.1. The molecule has 0 unspecified atom stereocenters. The summed E-state index contributed by atoms with van der Waals surface area (Å²) >= 11 is 5.82. The summed E-state index contributed by atoms with van der Waals surface area (Å²) < 4.78 is 11.3. The Labute approximate surface area is 151 Å². The van der Waals surface area contributed by atoms with Gasteiger partial charge in [0.25, 0.3) is 0 Å². The maximum Gasteiger partial charge on any atom is 0.232 e. The van der Waals surface area contributed by atoms with E-state index >= 15 is 0 Å². The predicted molar refractivity (Wildman–Crippen MR) is 95.8 cm³/mol. The van der Waals surface area contributed by atoms with Gasteiger partial charge in [-0.1, -0.05) is 11.6 Å². The number of ether oxygens (including phenoxy) is 2. The quantitative estimate of drug-likeness (QED) is 0.584. The van der Waals surface area contributed by atoms with Crippen LogP contribution < -0.4 is 9.47 Å². The molecule has 0 aliphatic carbocycles. The van der Waals surface area contributed by atoms with E-state index in [9.17, 15) is 9.59 Å². The van der Waals surface area contributed by atoms with Crippen LogP contribution >= 0.6 is 11.6 Å². The van der Waals surface area contributed by atoms with Crippen LogP contribution in [-0.2, 0) is 0 Å². The van der Waals surface area contributed by atoms with Gasteiger partial charge in [-0.3, -0.25) is 9.59 Å². The molecular weight excluding hydrogens is 340 g/mol. The van der Waals surface area contributed by atoms with E-state index in [-0.39, 0.29) is 18.2 Å². The van der Waals surface area contributed by atoms with Crippen LogP contribution in [0.3, 0.4) is 0 Å². The summed E-state index contributed by atoms with van der Waals surface area (Å²) in [6.45, 7) is 5.37. The van der Waals surface area contributed by atoms with E-state index in [4.69, 9.17) is 21.1 Å². The Balaban J connectivity index is 1.78. The van der Waals surface area contributed by atoms with Crippen molar-refractivity contribution in [3.8, 4) is 11.5 Å². The van der Waals surface area contributed by atoms with E-state index in [0.29, 0.717) is 33.4 Å². The van der Waals surface area contributed by atoms with Gasteiger partial charge in [-0.25, -0.2) is 0 Å². The third-order valence-electron chi connectivity index (χ3n) is 3.91. The lowest BCUT2D eigenvalue weighted by molar-refractivity contribution is 0.0920. The van der Waals surface area contributed by atoms with Crippen molar-refractivity contribution in [1.29, 1.82) is 0 Å². The standard InChI is InChI=1S/C20H17ClO4/c1-11(2)20-19(23)18-12(3)8-15(9-17(18)25-20)24-10-16(22)13-4-6-14(21)7-5-13/h4-9H,10H2,1-3H3. The van der Waals surface area contributed by atoms with Gasteiger partial charge in [-0.15, -0.1) is 0 Å². The van der Waals surface area contributed by atoms with E-state index in [1.807, 2.05) is 20.8 Å². The highest BCUT2D eigenvalue weighted by molar-refractivity contribution is 6.30. The number of carbonyl (C=O) groups is 2. The molecule has 0 aromatic heterocycles. The lowest BCUT2D eigenvalue weighted by Gasteiger charge is -2.09. The van der Waals surface area contributed by atoms with Gasteiger partial charge in [0, 0.05) is 16.7 Å². The number of benzene rings is 2. The van der Waals surface area contributed by atoms with Gasteiger partial charge in [0.1, 0.15) is 11.5 Å². The van der Waals surface area contributed by atoms with Crippen LogP contribution in [0, 0.1) is 6.92 Å². The van der Waals surface area contributed by atoms with Crippen LogP contribution in [0.2, 0.25) is 5.02 Å². The summed E-state index contributed by atoms with van der Waals surface area (Å²) in [5.74, 6) is 1.04. The Morgan fingerprint density at radius 2 is 1.84 bits per heavy atom. The zero-order valence-electron chi connectivity index (χ0n) is 14.2. The zero-order valence-corrected chi connectivity index (χ0v) is 14.9. The number of rotatable bonds is 4. The van der Waals surface area contributed by atoms with Crippen molar-refractivity contribution < 1.29 is 19.1 Å². The molecule has 1 heterocycles. The fourth-order valence-corrected chi connectivity index (χ4v) is 2.77. The molecule has 5 heteroatoms. The van der Waals surface area contributed by atoms with Crippen molar-refractivity contribution in [2.75, 3.05) is 6.61 Å². The second kappa shape index (κ2) is 6.73. The van der Waals surface area contributed by atoms with E-state index < -0.39 is 0 Å². The maximum atomic E-state index is 12.4. The number of Topliss-reactive ketones (excluding diaryl/α,β-unsaturated/α-hetero) is 2. The molecule has 0 fully saturated rings. The van der Waals surface area contributed by atoms with Gasteiger partial charge >= 0.3 is 0 Å². The van der Waals surface area contributed by atoms with Crippen LogP contribution in [0.4, 0.5) is 0 Å². The fraction of sp³-hybridized carbons (Fsp3) is 0.200. The van der Waals surface area contributed by atoms with Crippen molar-refractivity contribution in [2.24, 2.45) is 0 Å². The first-order valence-electron chi connectivity index (χ1n) is 7.83. The highest BCUT2D eigenvalue weighted by atomic mass is 35.5. The van der Waals surface area contributed by atoms with Gasteiger partial charge in [-0.2, -0.15) is 0 Å². The highest BCUT2D eigenvalue weighted by Crippen LogP contribution is 2.37. The average molecular weight is 357 g/mol. The molecule has 1 aliphatic rings. The van der Waals surface area contributed by atoms with Crippen LogP contribution in [0.15, 0.2) is 47.7 Å². The molecule has 0 amide bonds. The minimum absolute atomic E-state index is 0.108. The molecule has 0 atom stereocenters. The molecule has 128 valence electrons. The number of halogens is 1. The molecule has 3 rings (SSSR count). The highest BCUT2D eigenvalue weighted by Gasteiger charge is 2.30. The molecule has 0 spiro atoms. The third-order valence-corrected chi connectivity index (χ3v) is 4.16. The molecule has 1 aliphatic heterocycles. The van der Waals surface area contributed by atoms with Crippen LogP contribution in [0.1, 0.15) is 40.1 Å². The van der Waals surface area contributed by atoms with Crippen molar-refractivity contribution in [3.63, 3.8) is 0 Å². The number of ketones is 2.